The van der Waals surface area contributed by atoms with E-state index in [4.69, 9.17) is 4.74 Å². The van der Waals surface area contributed by atoms with E-state index in [0.717, 1.165) is 16.9 Å². The molecule has 2 aromatic rings. The summed E-state index contributed by atoms with van der Waals surface area (Å²) in [5.74, 6) is -0.220. The zero-order valence-corrected chi connectivity index (χ0v) is 9.27. The molecule has 17 heavy (non-hydrogen) atoms. The lowest BCUT2D eigenvalue weighted by molar-refractivity contribution is 0.117. The Bertz CT molecular complexity index is 527. The van der Waals surface area contributed by atoms with Crippen molar-refractivity contribution >= 4 is 11.4 Å². The van der Waals surface area contributed by atoms with Gasteiger partial charge in [0.1, 0.15) is 12.5 Å². The predicted octanol–water partition coefficient (Wildman–Crippen LogP) is 3.45. The molecule has 0 unspecified atom stereocenters. The zero-order valence-electron chi connectivity index (χ0n) is 9.27. The molecule has 0 atom stereocenters. The molecule has 2 aromatic carbocycles. The molecule has 1 aliphatic rings. The largest absolute Gasteiger partial charge is 0.356 e. The van der Waals surface area contributed by atoms with Gasteiger partial charge >= 0.3 is 0 Å². The highest BCUT2D eigenvalue weighted by Gasteiger charge is 2.18. The van der Waals surface area contributed by atoms with Crippen LogP contribution in [0.5, 0.6) is 0 Å². The highest BCUT2D eigenvalue weighted by atomic mass is 19.1. The van der Waals surface area contributed by atoms with Gasteiger partial charge in [-0.25, -0.2) is 4.39 Å². The molecule has 0 N–H and O–H groups in total. The lowest BCUT2D eigenvalue weighted by Gasteiger charge is -2.31. The summed E-state index contributed by atoms with van der Waals surface area (Å²) in [6, 6.07) is 14.8. The van der Waals surface area contributed by atoms with E-state index in [2.05, 4.69) is 0 Å². The number of fused-ring (bicyclic) bond motifs is 1. The van der Waals surface area contributed by atoms with Crippen molar-refractivity contribution in [2.75, 3.05) is 11.6 Å². The summed E-state index contributed by atoms with van der Waals surface area (Å²) in [4.78, 5) is 2.04. The second-order valence-electron chi connectivity index (χ2n) is 4.01. The molecule has 0 saturated carbocycles. The van der Waals surface area contributed by atoms with Gasteiger partial charge in [-0.05, 0) is 30.3 Å². The van der Waals surface area contributed by atoms with E-state index < -0.39 is 0 Å². The number of hydrogen-bond acceptors (Lipinski definition) is 2. The molecule has 1 aliphatic heterocycles. The maximum Gasteiger partial charge on any atom is 0.123 e. The van der Waals surface area contributed by atoms with Crippen LogP contribution in [0.3, 0.4) is 0 Å². The third kappa shape index (κ3) is 1.89. The van der Waals surface area contributed by atoms with Crippen LogP contribution in [-0.4, -0.2) is 6.73 Å². The summed E-state index contributed by atoms with van der Waals surface area (Å²) >= 11 is 0. The first-order valence-electron chi connectivity index (χ1n) is 5.53. The van der Waals surface area contributed by atoms with Gasteiger partial charge in [0.05, 0.1) is 6.61 Å². The Morgan fingerprint density at radius 2 is 1.88 bits per heavy atom. The molecule has 2 nitrogen and oxygen atoms in total. The molecule has 0 fully saturated rings. The van der Waals surface area contributed by atoms with Gasteiger partial charge in [0.25, 0.3) is 0 Å². The first-order chi connectivity index (χ1) is 8.34. The molecule has 3 rings (SSSR count). The highest BCUT2D eigenvalue weighted by molar-refractivity contribution is 5.66. The molecule has 0 radical (unpaired) electrons. The minimum Gasteiger partial charge on any atom is -0.356 e. The van der Waals surface area contributed by atoms with E-state index >= 15 is 0 Å². The molecule has 0 bridgehead atoms. The number of hydrogen-bond donors (Lipinski definition) is 0. The Kier molecular flexibility index (Phi) is 2.53. The molecule has 86 valence electrons. The Balaban J connectivity index is 2.06. The second-order valence-corrected chi connectivity index (χ2v) is 4.01. The fourth-order valence-electron chi connectivity index (χ4n) is 2.07. The van der Waals surface area contributed by atoms with Crippen molar-refractivity contribution in [3.63, 3.8) is 0 Å². The monoisotopic (exact) mass is 229 g/mol. The lowest BCUT2D eigenvalue weighted by atomic mass is 10.1. The first-order valence-corrected chi connectivity index (χ1v) is 5.53. The maximum atomic E-state index is 13.2. The predicted molar refractivity (Wildman–Crippen MR) is 64.6 cm³/mol. The van der Waals surface area contributed by atoms with Crippen molar-refractivity contribution in [3.8, 4) is 0 Å². The SMILES string of the molecule is Fc1ccc2c(c1)COCN2c1ccccc1. The zero-order chi connectivity index (χ0) is 11.7. The molecule has 3 heteroatoms. The van der Waals surface area contributed by atoms with E-state index in [1.165, 1.54) is 12.1 Å². The van der Waals surface area contributed by atoms with Crippen LogP contribution < -0.4 is 4.90 Å². The summed E-state index contributed by atoms with van der Waals surface area (Å²) in [5, 5.41) is 0. The van der Waals surface area contributed by atoms with Crippen LogP contribution in [0.25, 0.3) is 0 Å². The van der Waals surface area contributed by atoms with E-state index in [1.54, 1.807) is 6.07 Å². The minimum atomic E-state index is -0.220. The molecule has 0 amide bonds. The number of rotatable bonds is 1. The van der Waals surface area contributed by atoms with Crippen LogP contribution in [0.15, 0.2) is 48.5 Å². The quantitative estimate of drug-likeness (QED) is 0.742. The van der Waals surface area contributed by atoms with Crippen molar-refractivity contribution < 1.29 is 9.13 Å². The van der Waals surface area contributed by atoms with Crippen molar-refractivity contribution in [2.45, 2.75) is 6.61 Å². The van der Waals surface area contributed by atoms with Crippen molar-refractivity contribution in [3.05, 3.63) is 59.9 Å². The molecule has 1 heterocycles. The maximum absolute atomic E-state index is 13.2. The second kappa shape index (κ2) is 4.18. The summed E-state index contributed by atoms with van der Waals surface area (Å²) in [6.07, 6.45) is 0. The van der Waals surface area contributed by atoms with Gasteiger partial charge in [-0.2, -0.15) is 0 Å². The molecule has 0 spiro atoms. The highest BCUT2D eigenvalue weighted by Crippen LogP contribution is 2.32. The third-order valence-corrected chi connectivity index (χ3v) is 2.88. The first kappa shape index (κ1) is 10.3. The standard InChI is InChI=1S/C14H12FNO/c15-12-6-7-14-11(8-12)9-17-10-16(14)13-4-2-1-3-5-13/h1-8H,9-10H2. The van der Waals surface area contributed by atoms with E-state index in [0.29, 0.717) is 13.3 Å². The summed E-state index contributed by atoms with van der Waals surface area (Å²) in [5.41, 5.74) is 2.96. The van der Waals surface area contributed by atoms with Crippen molar-refractivity contribution in [2.24, 2.45) is 0 Å². The van der Waals surface area contributed by atoms with Gasteiger partial charge in [-0.3, -0.25) is 0 Å². The molecular weight excluding hydrogens is 217 g/mol. The fraction of sp³-hybridized carbons (Fsp3) is 0.143. The van der Waals surface area contributed by atoms with Crippen LogP contribution in [0.4, 0.5) is 15.8 Å². The van der Waals surface area contributed by atoms with Gasteiger partial charge in [-0.15, -0.1) is 0 Å². The van der Waals surface area contributed by atoms with Crippen LogP contribution in [0, 0.1) is 5.82 Å². The normalized spacial score (nSPS) is 14.5. The van der Waals surface area contributed by atoms with Crippen LogP contribution >= 0.6 is 0 Å². The average molecular weight is 229 g/mol. The van der Waals surface area contributed by atoms with E-state index in [9.17, 15) is 4.39 Å². The van der Waals surface area contributed by atoms with Crippen LogP contribution in [0.2, 0.25) is 0 Å². The van der Waals surface area contributed by atoms with Gasteiger partial charge in [0.2, 0.25) is 0 Å². The minimum absolute atomic E-state index is 0.220. The lowest BCUT2D eigenvalue weighted by Crippen LogP contribution is -2.26. The Labute approximate surface area is 99.3 Å². The Hall–Kier alpha value is -1.87. The third-order valence-electron chi connectivity index (χ3n) is 2.88. The summed E-state index contributed by atoms with van der Waals surface area (Å²) < 4.78 is 18.6. The van der Waals surface area contributed by atoms with Gasteiger partial charge in [-0.1, -0.05) is 18.2 Å². The van der Waals surface area contributed by atoms with Gasteiger partial charge < -0.3 is 9.64 Å². The van der Waals surface area contributed by atoms with Crippen molar-refractivity contribution in [1.29, 1.82) is 0 Å². The van der Waals surface area contributed by atoms with E-state index in [-0.39, 0.29) is 5.82 Å². The summed E-state index contributed by atoms with van der Waals surface area (Å²) in [7, 11) is 0. The van der Waals surface area contributed by atoms with Crippen LogP contribution in [0.1, 0.15) is 5.56 Å². The molecule has 0 aliphatic carbocycles. The Morgan fingerprint density at radius 1 is 1.06 bits per heavy atom. The Morgan fingerprint density at radius 3 is 2.71 bits per heavy atom. The van der Waals surface area contributed by atoms with Crippen LogP contribution in [-0.2, 0) is 11.3 Å². The number of halogens is 1. The number of benzene rings is 2. The van der Waals surface area contributed by atoms with Crippen molar-refractivity contribution in [1.82, 2.24) is 0 Å². The van der Waals surface area contributed by atoms with Gasteiger partial charge in [0, 0.05) is 16.9 Å². The van der Waals surface area contributed by atoms with E-state index in [1.807, 2.05) is 35.2 Å². The average Bonchev–Trinajstić information content (AvgIpc) is 2.39. The number of anilines is 2. The molecular formula is C14H12FNO. The molecule has 0 saturated heterocycles. The smallest absolute Gasteiger partial charge is 0.123 e. The fourth-order valence-corrected chi connectivity index (χ4v) is 2.07. The topological polar surface area (TPSA) is 12.5 Å². The number of para-hydroxylation sites is 1. The van der Waals surface area contributed by atoms with Gasteiger partial charge in [0.15, 0.2) is 0 Å². The number of ether oxygens (including phenoxy) is 1. The number of nitrogens with zero attached hydrogens (tertiary/aromatic N) is 1. The molecule has 0 aromatic heterocycles. The summed E-state index contributed by atoms with van der Waals surface area (Å²) in [6.45, 7) is 0.971.